The van der Waals surface area contributed by atoms with Gasteiger partial charge in [-0.05, 0) is 42.6 Å². The molecular formula is C32H29N9O4S. The van der Waals surface area contributed by atoms with E-state index in [1.165, 1.54) is 10.7 Å². The minimum Gasteiger partial charge on any atom is -0.344 e. The number of pyridine rings is 1. The number of para-hydroxylation sites is 1. The third-order valence-corrected chi connectivity index (χ3v) is 8.25. The number of aryl methyl sites for hydroxylation is 1. The normalized spacial score (nSPS) is 12.1. The van der Waals surface area contributed by atoms with Crippen molar-refractivity contribution in [1.82, 2.24) is 39.0 Å². The number of hydrogen-bond donors (Lipinski definition) is 3. The number of hydrogen-bond acceptors (Lipinski definition) is 7. The lowest BCUT2D eigenvalue weighted by molar-refractivity contribution is 0.0941. The molecule has 3 N–H and O–H groups in total. The Hall–Kier alpha value is -5.78. The van der Waals surface area contributed by atoms with Gasteiger partial charge < -0.3 is 5.32 Å². The molecule has 14 heteroatoms. The molecule has 1 amide bonds. The van der Waals surface area contributed by atoms with Gasteiger partial charge in [0, 0.05) is 49.1 Å². The van der Waals surface area contributed by atoms with Crippen LogP contribution < -0.4 is 20.3 Å². The van der Waals surface area contributed by atoms with E-state index in [0.29, 0.717) is 33.3 Å². The second-order valence-electron chi connectivity index (χ2n) is 10.4. The summed E-state index contributed by atoms with van der Waals surface area (Å²) in [6.45, 7) is 3.51. The monoisotopic (exact) mass is 635 g/mol. The zero-order chi connectivity index (χ0) is 32.4. The van der Waals surface area contributed by atoms with Crippen LogP contribution in [-0.4, -0.2) is 49.8 Å². The van der Waals surface area contributed by atoms with Crippen molar-refractivity contribution in [2.24, 2.45) is 7.05 Å². The molecule has 0 saturated carbocycles. The Morgan fingerprint density at radius 1 is 1.07 bits per heavy atom. The molecule has 232 valence electrons. The SMILES string of the molecule is CCNS(=O)(=O)Nc1nn2cccnc2c1C(=O)N[C@@H](C)c1cc2cccc(C#Cc3cnn(C)c3)c2c(=O)n1-c1ccccc1. The van der Waals surface area contributed by atoms with Crippen LogP contribution in [-0.2, 0) is 17.3 Å². The summed E-state index contributed by atoms with van der Waals surface area (Å²) in [4.78, 5) is 32.4. The minimum absolute atomic E-state index is 0.0729. The number of fused-ring (bicyclic) bond motifs is 2. The molecule has 46 heavy (non-hydrogen) atoms. The van der Waals surface area contributed by atoms with E-state index in [9.17, 15) is 18.0 Å². The molecule has 0 aliphatic carbocycles. The number of carbonyl (C=O) groups is 1. The standard InChI is InChI=1S/C32H29N9O4S/c1-4-35-46(44,45)38-29-28(30-33-16-9-17-40(30)37-29)31(42)36-21(2)26-18-24-11-8-10-23(15-14-22-19-34-39(3)20-22)27(24)32(43)41(26)25-12-6-5-7-13-25/h5-13,16-21,35H,4H2,1-3H3,(H,36,42)(H,37,38)/t21-/m0/s1. The molecule has 0 aliphatic heterocycles. The van der Waals surface area contributed by atoms with Crippen molar-refractivity contribution in [1.29, 1.82) is 0 Å². The zero-order valence-electron chi connectivity index (χ0n) is 25.1. The van der Waals surface area contributed by atoms with Gasteiger partial charge in [-0.15, -0.1) is 5.10 Å². The van der Waals surface area contributed by atoms with Crippen LogP contribution in [0.5, 0.6) is 0 Å². The van der Waals surface area contributed by atoms with Gasteiger partial charge in [-0.2, -0.15) is 18.2 Å². The van der Waals surface area contributed by atoms with Gasteiger partial charge in [-0.1, -0.05) is 49.1 Å². The molecule has 0 unspecified atom stereocenters. The number of carbonyl (C=O) groups excluding carboxylic acids is 1. The highest BCUT2D eigenvalue weighted by molar-refractivity contribution is 7.90. The first-order chi connectivity index (χ1) is 22.1. The number of rotatable bonds is 8. The molecule has 1 atom stereocenters. The van der Waals surface area contributed by atoms with Crippen molar-refractivity contribution in [3.05, 3.63) is 118 Å². The second kappa shape index (κ2) is 12.3. The molecule has 2 aromatic carbocycles. The lowest BCUT2D eigenvalue weighted by Gasteiger charge is -2.21. The number of anilines is 1. The zero-order valence-corrected chi connectivity index (χ0v) is 25.9. The van der Waals surface area contributed by atoms with Crippen LogP contribution >= 0.6 is 0 Å². The molecule has 0 aliphatic rings. The molecule has 6 rings (SSSR count). The maximum atomic E-state index is 14.3. The summed E-state index contributed by atoms with van der Waals surface area (Å²) in [7, 11) is -2.21. The van der Waals surface area contributed by atoms with Gasteiger partial charge >= 0.3 is 0 Å². The molecule has 0 fully saturated rings. The van der Waals surface area contributed by atoms with Crippen molar-refractivity contribution in [3.63, 3.8) is 0 Å². The highest BCUT2D eigenvalue weighted by Crippen LogP contribution is 2.25. The fourth-order valence-electron chi connectivity index (χ4n) is 5.14. The Kier molecular flexibility index (Phi) is 8.10. The van der Waals surface area contributed by atoms with E-state index in [4.69, 9.17) is 0 Å². The quantitative estimate of drug-likeness (QED) is 0.217. The van der Waals surface area contributed by atoms with E-state index in [2.05, 4.69) is 41.8 Å². The lowest BCUT2D eigenvalue weighted by Crippen LogP contribution is -2.34. The van der Waals surface area contributed by atoms with Crippen molar-refractivity contribution in [2.45, 2.75) is 19.9 Å². The third-order valence-electron chi connectivity index (χ3n) is 7.12. The highest BCUT2D eigenvalue weighted by atomic mass is 32.2. The molecule has 4 heterocycles. The molecule has 0 bridgehead atoms. The number of amides is 1. The number of benzene rings is 2. The summed E-state index contributed by atoms with van der Waals surface area (Å²) in [5, 5.41) is 12.4. The van der Waals surface area contributed by atoms with Crippen molar-refractivity contribution < 1.29 is 13.2 Å². The number of nitrogens with zero attached hydrogens (tertiary/aromatic N) is 6. The topological polar surface area (TPSA) is 157 Å². The number of nitrogens with one attached hydrogen (secondary N) is 3. The Morgan fingerprint density at radius 2 is 1.87 bits per heavy atom. The average molecular weight is 636 g/mol. The van der Waals surface area contributed by atoms with E-state index in [1.807, 2.05) is 36.4 Å². The van der Waals surface area contributed by atoms with Crippen LogP contribution in [0.2, 0.25) is 0 Å². The van der Waals surface area contributed by atoms with E-state index < -0.39 is 22.2 Å². The van der Waals surface area contributed by atoms with Crippen LogP contribution in [0, 0.1) is 11.8 Å². The first-order valence-electron chi connectivity index (χ1n) is 14.3. The molecule has 0 saturated heterocycles. The van der Waals surface area contributed by atoms with Crippen molar-refractivity contribution in [2.75, 3.05) is 11.3 Å². The van der Waals surface area contributed by atoms with E-state index in [0.717, 1.165) is 0 Å². The molecule has 0 radical (unpaired) electrons. The van der Waals surface area contributed by atoms with Crippen molar-refractivity contribution in [3.8, 4) is 17.5 Å². The molecule has 13 nitrogen and oxygen atoms in total. The van der Waals surface area contributed by atoms with Crippen LogP contribution in [0.4, 0.5) is 5.82 Å². The largest absolute Gasteiger partial charge is 0.344 e. The predicted octanol–water partition coefficient (Wildman–Crippen LogP) is 2.92. The fourth-order valence-corrected chi connectivity index (χ4v) is 5.99. The summed E-state index contributed by atoms with van der Waals surface area (Å²) in [5.74, 6) is 5.37. The van der Waals surface area contributed by atoms with E-state index in [-0.39, 0.29) is 29.1 Å². The maximum absolute atomic E-state index is 14.3. The minimum atomic E-state index is -4.01. The van der Waals surface area contributed by atoms with E-state index >= 15 is 0 Å². The first kappa shape index (κ1) is 30.3. The Morgan fingerprint density at radius 3 is 2.61 bits per heavy atom. The fraction of sp³-hybridized carbons (Fsp3) is 0.156. The molecule has 4 aromatic heterocycles. The van der Waals surface area contributed by atoms with Gasteiger partial charge in [-0.3, -0.25) is 23.6 Å². The predicted molar refractivity (Wildman–Crippen MR) is 174 cm³/mol. The Bertz CT molecular complexity index is 2330. The van der Waals surface area contributed by atoms with Crippen LogP contribution in [0.1, 0.15) is 47.1 Å². The summed E-state index contributed by atoms with van der Waals surface area (Å²) in [5.41, 5.74) is 2.12. The maximum Gasteiger partial charge on any atom is 0.300 e. The number of aromatic nitrogens is 6. The van der Waals surface area contributed by atoms with Gasteiger partial charge in [0.1, 0.15) is 5.56 Å². The van der Waals surface area contributed by atoms with Crippen molar-refractivity contribution >= 4 is 38.4 Å². The highest BCUT2D eigenvalue weighted by Gasteiger charge is 2.27. The lowest BCUT2D eigenvalue weighted by atomic mass is 10.0. The van der Waals surface area contributed by atoms with Gasteiger partial charge in [0.05, 0.1) is 23.2 Å². The summed E-state index contributed by atoms with van der Waals surface area (Å²) < 4.78 is 34.2. The molecular weight excluding hydrogens is 606 g/mol. The third kappa shape index (κ3) is 5.96. The molecule has 0 spiro atoms. The van der Waals surface area contributed by atoms with Crippen LogP contribution in [0.25, 0.3) is 22.1 Å². The van der Waals surface area contributed by atoms with Gasteiger partial charge in [0.15, 0.2) is 11.5 Å². The Balaban J connectivity index is 1.45. The summed E-state index contributed by atoms with van der Waals surface area (Å²) >= 11 is 0. The first-order valence-corrected chi connectivity index (χ1v) is 15.8. The second-order valence-corrected chi connectivity index (χ2v) is 11.9. The summed E-state index contributed by atoms with van der Waals surface area (Å²) in [6.07, 6.45) is 6.47. The summed E-state index contributed by atoms with van der Waals surface area (Å²) in [6, 6.07) is 17.2. The van der Waals surface area contributed by atoms with Crippen LogP contribution in [0.15, 0.2) is 90.2 Å². The smallest absolute Gasteiger partial charge is 0.300 e. The van der Waals surface area contributed by atoms with Gasteiger partial charge in [0.25, 0.3) is 21.7 Å². The van der Waals surface area contributed by atoms with E-state index in [1.54, 1.807) is 73.0 Å². The average Bonchev–Trinajstić information content (AvgIpc) is 3.62. The Labute approximate surface area is 264 Å². The van der Waals surface area contributed by atoms with Crippen LogP contribution in [0.3, 0.4) is 0 Å². The van der Waals surface area contributed by atoms with Gasteiger partial charge in [0.2, 0.25) is 0 Å². The van der Waals surface area contributed by atoms with Gasteiger partial charge in [-0.25, -0.2) is 9.50 Å². The molecule has 6 aromatic rings.